The van der Waals surface area contributed by atoms with Gasteiger partial charge < -0.3 is 4.90 Å². The molecular formula is C17H18ClN5. The lowest BCUT2D eigenvalue weighted by molar-refractivity contribution is 0.445. The third kappa shape index (κ3) is 2.65. The van der Waals surface area contributed by atoms with Gasteiger partial charge in [0, 0.05) is 18.1 Å². The molecule has 118 valence electrons. The van der Waals surface area contributed by atoms with Crippen molar-refractivity contribution < 1.29 is 0 Å². The number of halogens is 1. The van der Waals surface area contributed by atoms with Gasteiger partial charge in [0.2, 0.25) is 0 Å². The van der Waals surface area contributed by atoms with Crippen LogP contribution in [0, 0.1) is 5.92 Å². The van der Waals surface area contributed by atoms with Gasteiger partial charge >= 0.3 is 0 Å². The highest BCUT2D eigenvalue weighted by Crippen LogP contribution is 2.28. The first-order valence-corrected chi connectivity index (χ1v) is 8.30. The Kier molecular flexibility index (Phi) is 3.65. The second-order valence-corrected chi connectivity index (χ2v) is 6.60. The van der Waals surface area contributed by atoms with Crippen LogP contribution < -0.4 is 4.90 Å². The SMILES string of the molecule is CC1CCCN(c2ncnc3c2cnn3-c2cccc(Cl)c2)C1. The molecule has 1 unspecified atom stereocenters. The average Bonchev–Trinajstić information content (AvgIpc) is 2.99. The first kappa shape index (κ1) is 14.5. The highest BCUT2D eigenvalue weighted by atomic mass is 35.5. The molecule has 1 atom stereocenters. The van der Waals surface area contributed by atoms with Gasteiger partial charge in [-0.2, -0.15) is 5.10 Å². The van der Waals surface area contributed by atoms with Crippen molar-refractivity contribution >= 4 is 28.5 Å². The van der Waals surface area contributed by atoms with Gasteiger partial charge in [0.1, 0.15) is 12.1 Å². The summed E-state index contributed by atoms with van der Waals surface area (Å²) in [6, 6.07) is 7.63. The fraction of sp³-hybridized carbons (Fsp3) is 0.353. The van der Waals surface area contributed by atoms with Gasteiger partial charge in [-0.05, 0) is 37.0 Å². The first-order chi connectivity index (χ1) is 11.2. The Morgan fingerprint density at radius 2 is 2.17 bits per heavy atom. The standard InChI is InChI=1S/C17H18ClN5/c1-12-4-3-7-22(10-12)16-15-9-21-23(17(15)20-11-19-16)14-6-2-5-13(18)8-14/h2,5-6,8-9,11-12H,3-4,7,10H2,1H3. The lowest BCUT2D eigenvalue weighted by Crippen LogP contribution is -2.34. The predicted octanol–water partition coefficient (Wildman–Crippen LogP) is 3.71. The van der Waals surface area contributed by atoms with Crippen molar-refractivity contribution in [2.24, 2.45) is 5.92 Å². The highest BCUT2D eigenvalue weighted by Gasteiger charge is 2.21. The summed E-state index contributed by atoms with van der Waals surface area (Å²) in [5, 5.41) is 6.18. The zero-order valence-electron chi connectivity index (χ0n) is 13.0. The molecule has 6 heteroatoms. The topological polar surface area (TPSA) is 46.8 Å². The third-order valence-corrected chi connectivity index (χ3v) is 4.59. The number of piperidine rings is 1. The molecule has 4 rings (SSSR count). The molecular weight excluding hydrogens is 310 g/mol. The smallest absolute Gasteiger partial charge is 0.168 e. The van der Waals surface area contributed by atoms with Crippen LogP contribution in [0.15, 0.2) is 36.8 Å². The van der Waals surface area contributed by atoms with Gasteiger partial charge in [-0.1, -0.05) is 24.6 Å². The molecule has 2 aromatic heterocycles. The molecule has 1 aromatic carbocycles. The van der Waals surface area contributed by atoms with Gasteiger partial charge in [-0.3, -0.25) is 0 Å². The Morgan fingerprint density at radius 1 is 1.26 bits per heavy atom. The maximum atomic E-state index is 6.10. The Morgan fingerprint density at radius 3 is 3.00 bits per heavy atom. The number of rotatable bonds is 2. The van der Waals surface area contributed by atoms with Crippen molar-refractivity contribution in [3.8, 4) is 5.69 Å². The second kappa shape index (κ2) is 5.81. The largest absolute Gasteiger partial charge is 0.356 e. The van der Waals surface area contributed by atoms with E-state index in [9.17, 15) is 0 Å². The molecule has 1 aliphatic rings. The number of nitrogens with zero attached hydrogens (tertiary/aromatic N) is 5. The summed E-state index contributed by atoms with van der Waals surface area (Å²) in [5.41, 5.74) is 1.72. The van der Waals surface area contributed by atoms with Gasteiger partial charge in [0.25, 0.3) is 0 Å². The Bertz CT molecular complexity index is 844. The van der Waals surface area contributed by atoms with Crippen molar-refractivity contribution in [3.05, 3.63) is 41.8 Å². The van der Waals surface area contributed by atoms with E-state index in [0.29, 0.717) is 10.9 Å². The molecule has 3 aromatic rings. The molecule has 0 bridgehead atoms. The fourth-order valence-electron chi connectivity index (χ4n) is 3.26. The van der Waals surface area contributed by atoms with Gasteiger partial charge in [-0.15, -0.1) is 0 Å². The van der Waals surface area contributed by atoms with E-state index in [0.717, 1.165) is 35.6 Å². The number of benzene rings is 1. The van der Waals surface area contributed by atoms with Gasteiger partial charge in [0.05, 0.1) is 17.3 Å². The summed E-state index contributed by atoms with van der Waals surface area (Å²) in [4.78, 5) is 11.3. The monoisotopic (exact) mass is 327 g/mol. The Balaban J connectivity index is 1.80. The number of hydrogen-bond acceptors (Lipinski definition) is 4. The lowest BCUT2D eigenvalue weighted by Gasteiger charge is -2.31. The zero-order chi connectivity index (χ0) is 15.8. The first-order valence-electron chi connectivity index (χ1n) is 7.92. The maximum Gasteiger partial charge on any atom is 0.168 e. The van der Waals surface area contributed by atoms with E-state index in [-0.39, 0.29) is 0 Å². The molecule has 23 heavy (non-hydrogen) atoms. The molecule has 0 amide bonds. The Hall–Kier alpha value is -2.14. The van der Waals surface area contributed by atoms with E-state index < -0.39 is 0 Å². The van der Waals surface area contributed by atoms with Crippen LogP contribution in [0.3, 0.4) is 0 Å². The number of aromatic nitrogens is 4. The minimum Gasteiger partial charge on any atom is -0.356 e. The molecule has 0 radical (unpaired) electrons. The van der Waals surface area contributed by atoms with Crippen LogP contribution in [-0.4, -0.2) is 32.8 Å². The van der Waals surface area contributed by atoms with E-state index in [1.165, 1.54) is 12.8 Å². The highest BCUT2D eigenvalue weighted by molar-refractivity contribution is 6.30. The second-order valence-electron chi connectivity index (χ2n) is 6.16. The van der Waals surface area contributed by atoms with E-state index in [1.807, 2.05) is 35.1 Å². The van der Waals surface area contributed by atoms with E-state index in [2.05, 4.69) is 26.9 Å². The molecule has 1 saturated heterocycles. The van der Waals surface area contributed by atoms with Gasteiger partial charge in [0.15, 0.2) is 5.65 Å². The van der Waals surface area contributed by atoms with Crippen LogP contribution in [-0.2, 0) is 0 Å². The number of fused-ring (bicyclic) bond motifs is 1. The van der Waals surface area contributed by atoms with Crippen molar-refractivity contribution in [1.29, 1.82) is 0 Å². The minimum atomic E-state index is 0.685. The van der Waals surface area contributed by atoms with Crippen LogP contribution in [0.4, 0.5) is 5.82 Å². The molecule has 5 nitrogen and oxygen atoms in total. The molecule has 1 fully saturated rings. The molecule has 3 heterocycles. The molecule has 0 spiro atoms. The number of anilines is 1. The molecule has 0 aliphatic carbocycles. The zero-order valence-corrected chi connectivity index (χ0v) is 13.7. The van der Waals surface area contributed by atoms with Gasteiger partial charge in [-0.25, -0.2) is 14.6 Å². The van der Waals surface area contributed by atoms with Crippen molar-refractivity contribution in [2.45, 2.75) is 19.8 Å². The van der Waals surface area contributed by atoms with Crippen LogP contribution in [0.5, 0.6) is 0 Å². The van der Waals surface area contributed by atoms with E-state index in [4.69, 9.17) is 11.6 Å². The summed E-state index contributed by atoms with van der Waals surface area (Å²) in [6.07, 6.45) is 5.96. The fourth-order valence-corrected chi connectivity index (χ4v) is 3.45. The average molecular weight is 328 g/mol. The van der Waals surface area contributed by atoms with E-state index in [1.54, 1.807) is 6.33 Å². The van der Waals surface area contributed by atoms with Crippen LogP contribution in [0.25, 0.3) is 16.7 Å². The van der Waals surface area contributed by atoms with Crippen LogP contribution in [0.2, 0.25) is 5.02 Å². The maximum absolute atomic E-state index is 6.10. The summed E-state index contributed by atoms with van der Waals surface area (Å²) in [6.45, 7) is 4.37. The molecule has 0 N–H and O–H groups in total. The van der Waals surface area contributed by atoms with Crippen LogP contribution in [0.1, 0.15) is 19.8 Å². The summed E-state index contributed by atoms with van der Waals surface area (Å²) < 4.78 is 1.82. The third-order valence-electron chi connectivity index (χ3n) is 4.35. The minimum absolute atomic E-state index is 0.685. The summed E-state index contributed by atoms with van der Waals surface area (Å²) in [5.74, 6) is 1.67. The van der Waals surface area contributed by atoms with Crippen molar-refractivity contribution in [2.75, 3.05) is 18.0 Å². The number of hydrogen-bond donors (Lipinski definition) is 0. The summed E-state index contributed by atoms with van der Waals surface area (Å²) >= 11 is 6.10. The van der Waals surface area contributed by atoms with Crippen molar-refractivity contribution in [1.82, 2.24) is 19.7 Å². The predicted molar refractivity (Wildman–Crippen MR) is 92.3 cm³/mol. The molecule has 1 aliphatic heterocycles. The Labute approximate surface area is 139 Å². The van der Waals surface area contributed by atoms with Crippen LogP contribution >= 0.6 is 11.6 Å². The normalized spacial score (nSPS) is 18.5. The van der Waals surface area contributed by atoms with Crippen molar-refractivity contribution in [3.63, 3.8) is 0 Å². The molecule has 0 saturated carbocycles. The quantitative estimate of drug-likeness (QED) is 0.720. The summed E-state index contributed by atoms with van der Waals surface area (Å²) in [7, 11) is 0. The van der Waals surface area contributed by atoms with E-state index >= 15 is 0 Å². The lowest BCUT2D eigenvalue weighted by atomic mass is 10.0.